The Labute approximate surface area is 121 Å². The molecule has 0 atom stereocenters. The zero-order valence-corrected chi connectivity index (χ0v) is 11.6. The Morgan fingerprint density at radius 3 is 2.70 bits per heavy atom. The van der Waals surface area contributed by atoms with Gasteiger partial charge in [-0.15, -0.1) is 0 Å². The molecule has 0 unspecified atom stereocenters. The van der Waals surface area contributed by atoms with Gasteiger partial charge in [-0.25, -0.2) is 4.98 Å². The topological polar surface area (TPSA) is 74.0 Å². The van der Waals surface area contributed by atoms with Crippen LogP contribution >= 0.6 is 11.8 Å². The van der Waals surface area contributed by atoms with Crippen molar-refractivity contribution in [3.05, 3.63) is 47.5 Å². The number of aryl methyl sites for hydroxylation is 1. The molecule has 2 rings (SSSR count). The molecule has 0 radical (unpaired) electrons. The van der Waals surface area contributed by atoms with Gasteiger partial charge in [-0.05, 0) is 18.6 Å². The van der Waals surface area contributed by atoms with E-state index in [1.807, 2.05) is 37.3 Å². The van der Waals surface area contributed by atoms with E-state index >= 15 is 0 Å². The lowest BCUT2D eigenvalue weighted by atomic mass is 10.1. The maximum absolute atomic E-state index is 10.7. The van der Waals surface area contributed by atoms with Gasteiger partial charge in [0.2, 0.25) is 0 Å². The molecule has 0 amide bonds. The first-order chi connectivity index (χ1) is 9.61. The minimum Gasteiger partial charge on any atom is -0.481 e. The fourth-order valence-electron chi connectivity index (χ4n) is 1.81. The van der Waals surface area contributed by atoms with Crippen molar-refractivity contribution in [2.24, 2.45) is 0 Å². The van der Waals surface area contributed by atoms with Crippen molar-refractivity contribution in [3.63, 3.8) is 0 Å². The second-order valence-corrected chi connectivity index (χ2v) is 5.13. The molecule has 0 fully saturated rings. The van der Waals surface area contributed by atoms with Crippen LogP contribution in [0.5, 0.6) is 0 Å². The quantitative estimate of drug-likeness (QED) is 0.873. The number of aromatic nitrogens is 1. The molecular weight excluding hydrogens is 272 g/mol. The summed E-state index contributed by atoms with van der Waals surface area (Å²) in [4.78, 5) is 15.1. The summed E-state index contributed by atoms with van der Waals surface area (Å²) in [5.74, 6) is -1.04. The zero-order valence-electron chi connectivity index (χ0n) is 10.8. The van der Waals surface area contributed by atoms with Gasteiger partial charge in [0.1, 0.15) is 11.1 Å². The van der Waals surface area contributed by atoms with Crippen LogP contribution in [-0.4, -0.2) is 21.8 Å². The van der Waals surface area contributed by atoms with Crippen molar-refractivity contribution in [2.45, 2.75) is 11.9 Å². The highest BCUT2D eigenvalue weighted by Gasteiger charge is 2.12. The van der Waals surface area contributed by atoms with Gasteiger partial charge in [-0.1, -0.05) is 42.1 Å². The molecule has 0 spiro atoms. The predicted octanol–water partition coefficient (Wildman–Crippen LogP) is 3.11. The van der Waals surface area contributed by atoms with Crippen LogP contribution in [0, 0.1) is 18.3 Å². The number of hydrogen-bond donors (Lipinski definition) is 1. The predicted molar refractivity (Wildman–Crippen MR) is 77.5 cm³/mol. The monoisotopic (exact) mass is 284 g/mol. The molecule has 0 aliphatic carbocycles. The molecule has 1 heterocycles. The van der Waals surface area contributed by atoms with E-state index in [4.69, 9.17) is 10.4 Å². The van der Waals surface area contributed by atoms with Crippen LogP contribution in [-0.2, 0) is 4.79 Å². The van der Waals surface area contributed by atoms with Crippen molar-refractivity contribution in [3.8, 4) is 17.3 Å². The smallest absolute Gasteiger partial charge is 0.313 e. The first kappa shape index (κ1) is 14.1. The molecule has 100 valence electrons. The van der Waals surface area contributed by atoms with Gasteiger partial charge in [0.25, 0.3) is 0 Å². The number of nitrogens with zero attached hydrogens (tertiary/aromatic N) is 2. The lowest BCUT2D eigenvalue weighted by molar-refractivity contribution is -0.133. The van der Waals surface area contributed by atoms with Gasteiger partial charge in [-0.2, -0.15) is 5.26 Å². The van der Waals surface area contributed by atoms with Gasteiger partial charge in [0, 0.05) is 5.56 Å². The van der Waals surface area contributed by atoms with Crippen molar-refractivity contribution >= 4 is 17.7 Å². The molecular formula is C15H12N2O2S. The van der Waals surface area contributed by atoms with E-state index in [1.165, 1.54) is 0 Å². The fourth-order valence-corrected chi connectivity index (χ4v) is 2.48. The molecule has 1 aromatic carbocycles. The van der Waals surface area contributed by atoms with Crippen LogP contribution in [0.3, 0.4) is 0 Å². The van der Waals surface area contributed by atoms with E-state index in [2.05, 4.69) is 11.1 Å². The average molecular weight is 284 g/mol. The number of pyridine rings is 1. The second-order valence-electron chi connectivity index (χ2n) is 4.17. The number of carboxylic acids is 1. The zero-order chi connectivity index (χ0) is 14.5. The summed E-state index contributed by atoms with van der Waals surface area (Å²) in [6, 6.07) is 13.4. The molecule has 0 bridgehead atoms. The normalized spacial score (nSPS) is 10.0. The highest BCUT2D eigenvalue weighted by molar-refractivity contribution is 7.99. The van der Waals surface area contributed by atoms with Gasteiger partial charge in [0.05, 0.1) is 17.0 Å². The Morgan fingerprint density at radius 1 is 1.40 bits per heavy atom. The third-order valence-corrected chi connectivity index (χ3v) is 3.65. The summed E-state index contributed by atoms with van der Waals surface area (Å²) >= 11 is 1.06. The summed E-state index contributed by atoms with van der Waals surface area (Å²) < 4.78 is 0. The third kappa shape index (κ3) is 3.16. The van der Waals surface area contributed by atoms with E-state index in [0.29, 0.717) is 10.6 Å². The molecule has 5 heteroatoms. The number of thioether (sulfide) groups is 1. The fraction of sp³-hybridized carbons (Fsp3) is 0.133. The number of benzene rings is 1. The minimum atomic E-state index is -0.928. The standard InChI is InChI=1S/C15H12N2O2S/c1-10-7-12(8-16)15(20-9-13(18)19)17-14(10)11-5-3-2-4-6-11/h2-7H,9H2,1H3,(H,18,19). The number of hydrogen-bond acceptors (Lipinski definition) is 4. The Kier molecular flexibility index (Phi) is 4.38. The lowest BCUT2D eigenvalue weighted by Crippen LogP contribution is -2.01. The summed E-state index contributed by atoms with van der Waals surface area (Å²) in [6.07, 6.45) is 0. The Hall–Kier alpha value is -2.32. The number of nitriles is 1. The van der Waals surface area contributed by atoms with Gasteiger partial charge >= 0.3 is 5.97 Å². The van der Waals surface area contributed by atoms with Gasteiger partial charge in [-0.3, -0.25) is 4.79 Å². The van der Waals surface area contributed by atoms with E-state index in [1.54, 1.807) is 6.07 Å². The van der Waals surface area contributed by atoms with Crippen molar-refractivity contribution in [1.82, 2.24) is 4.98 Å². The van der Waals surface area contributed by atoms with Crippen molar-refractivity contribution in [2.75, 3.05) is 5.75 Å². The highest BCUT2D eigenvalue weighted by atomic mass is 32.2. The SMILES string of the molecule is Cc1cc(C#N)c(SCC(=O)O)nc1-c1ccccc1. The average Bonchev–Trinajstić information content (AvgIpc) is 2.46. The summed E-state index contributed by atoms with van der Waals surface area (Å²) in [6.45, 7) is 1.89. The third-order valence-electron chi connectivity index (χ3n) is 2.68. The second kappa shape index (κ2) is 6.22. The van der Waals surface area contributed by atoms with E-state index in [-0.39, 0.29) is 5.75 Å². The van der Waals surface area contributed by atoms with E-state index < -0.39 is 5.97 Å². The summed E-state index contributed by atoms with van der Waals surface area (Å²) in [5, 5.41) is 18.3. The van der Waals surface area contributed by atoms with Gasteiger partial charge < -0.3 is 5.11 Å². The summed E-state index contributed by atoms with van der Waals surface area (Å²) in [5.41, 5.74) is 3.03. The Bertz CT molecular complexity index is 678. The number of carboxylic acid groups (broad SMARTS) is 1. The van der Waals surface area contributed by atoms with Crippen LogP contribution in [0.2, 0.25) is 0 Å². The lowest BCUT2D eigenvalue weighted by Gasteiger charge is -2.09. The largest absolute Gasteiger partial charge is 0.481 e. The van der Waals surface area contributed by atoms with E-state index in [0.717, 1.165) is 28.6 Å². The summed E-state index contributed by atoms with van der Waals surface area (Å²) in [7, 11) is 0. The molecule has 0 aliphatic rings. The van der Waals surface area contributed by atoms with Crippen molar-refractivity contribution in [1.29, 1.82) is 5.26 Å². The number of carbonyl (C=O) groups is 1. The molecule has 1 aromatic heterocycles. The number of aliphatic carboxylic acids is 1. The number of rotatable bonds is 4. The van der Waals surface area contributed by atoms with Crippen LogP contribution in [0.25, 0.3) is 11.3 Å². The maximum Gasteiger partial charge on any atom is 0.313 e. The molecule has 2 aromatic rings. The molecule has 1 N–H and O–H groups in total. The molecule has 20 heavy (non-hydrogen) atoms. The minimum absolute atomic E-state index is 0.112. The molecule has 0 saturated heterocycles. The Balaban J connectivity index is 2.47. The van der Waals surface area contributed by atoms with Crippen LogP contribution in [0.15, 0.2) is 41.4 Å². The first-order valence-electron chi connectivity index (χ1n) is 5.93. The van der Waals surface area contributed by atoms with Gasteiger partial charge in [0.15, 0.2) is 0 Å². The molecule has 0 saturated carbocycles. The highest BCUT2D eigenvalue weighted by Crippen LogP contribution is 2.28. The van der Waals surface area contributed by atoms with Crippen LogP contribution in [0.1, 0.15) is 11.1 Å². The van der Waals surface area contributed by atoms with Crippen LogP contribution in [0.4, 0.5) is 0 Å². The first-order valence-corrected chi connectivity index (χ1v) is 6.92. The Morgan fingerprint density at radius 2 is 2.10 bits per heavy atom. The maximum atomic E-state index is 10.7. The van der Waals surface area contributed by atoms with E-state index in [9.17, 15) is 4.79 Å². The van der Waals surface area contributed by atoms with Crippen LogP contribution < -0.4 is 0 Å². The van der Waals surface area contributed by atoms with Crippen molar-refractivity contribution < 1.29 is 9.90 Å². The molecule has 0 aliphatic heterocycles. The molecule has 4 nitrogen and oxygen atoms in total.